The Bertz CT molecular complexity index is 1000. The average Bonchev–Trinajstić information content (AvgIpc) is 2.66. The molecule has 0 unspecified atom stereocenters. The van der Waals surface area contributed by atoms with Crippen LogP contribution in [0.15, 0.2) is 18.2 Å². The molecule has 2 aromatic rings. The molecule has 1 saturated heterocycles. The van der Waals surface area contributed by atoms with Gasteiger partial charge in [0.15, 0.2) is 0 Å². The Kier molecular flexibility index (Phi) is 6.22. The highest BCUT2D eigenvalue weighted by atomic mass is 32.2. The van der Waals surface area contributed by atoms with Crippen LogP contribution in [-0.4, -0.2) is 62.2 Å². The Labute approximate surface area is 176 Å². The van der Waals surface area contributed by atoms with Crippen LogP contribution in [0.25, 0.3) is 0 Å². The number of sulfonamides is 1. The first-order valence-electron chi connectivity index (χ1n) is 9.58. The van der Waals surface area contributed by atoms with Gasteiger partial charge in [-0.25, -0.2) is 8.42 Å². The zero-order valence-corrected chi connectivity index (χ0v) is 18.4. The summed E-state index contributed by atoms with van der Waals surface area (Å²) in [7, 11) is -1.60. The molecule has 0 bridgehead atoms. The van der Waals surface area contributed by atoms with E-state index in [0.717, 1.165) is 11.3 Å². The molecule has 0 saturated carbocycles. The van der Waals surface area contributed by atoms with Crippen LogP contribution in [-0.2, 0) is 10.0 Å². The molecule has 30 heavy (non-hydrogen) atoms. The van der Waals surface area contributed by atoms with E-state index in [9.17, 15) is 8.42 Å². The Balaban J connectivity index is 1.96. The molecule has 0 aliphatic carbocycles. The molecule has 1 aliphatic heterocycles. The molecule has 164 valence electrons. The fraction of sp³-hybridized carbons (Fsp3) is 0.474. The first-order valence-corrected chi connectivity index (χ1v) is 11.4. The lowest BCUT2D eigenvalue weighted by Gasteiger charge is -2.35. The van der Waals surface area contributed by atoms with E-state index < -0.39 is 10.0 Å². The first kappa shape index (κ1) is 21.9. The van der Waals surface area contributed by atoms with Crippen molar-refractivity contribution < 1.29 is 17.9 Å². The molecule has 0 amide bonds. The summed E-state index contributed by atoms with van der Waals surface area (Å²) in [5.74, 6) is 1.95. The monoisotopic (exact) mass is 436 g/mol. The molecule has 0 atom stereocenters. The van der Waals surface area contributed by atoms with Gasteiger partial charge in [0.05, 0.1) is 19.1 Å². The van der Waals surface area contributed by atoms with Crippen molar-refractivity contribution in [2.45, 2.75) is 19.8 Å². The van der Waals surface area contributed by atoms with Crippen molar-refractivity contribution in [3.05, 3.63) is 23.8 Å². The number of methoxy groups -OCH3 is 1. The van der Waals surface area contributed by atoms with Crippen molar-refractivity contribution in [1.29, 1.82) is 0 Å². The molecular weight excluding hydrogens is 408 g/mol. The minimum atomic E-state index is -3.21. The van der Waals surface area contributed by atoms with E-state index >= 15 is 0 Å². The summed E-state index contributed by atoms with van der Waals surface area (Å²) in [6.45, 7) is 5.99. The number of hydrogen-bond donors (Lipinski definition) is 2. The lowest BCUT2D eigenvalue weighted by atomic mass is 10.0. The van der Waals surface area contributed by atoms with E-state index in [1.807, 2.05) is 12.1 Å². The van der Waals surface area contributed by atoms with Crippen LogP contribution >= 0.6 is 0 Å². The predicted molar refractivity (Wildman–Crippen MR) is 117 cm³/mol. The molecule has 0 spiro atoms. The SMILES string of the molecule is COc1cc(C(C)C)c(Oc2cc(N)nc(N)n2)cc1N1CCN(S(C)(=O)=O)CC1. The van der Waals surface area contributed by atoms with Crippen molar-refractivity contribution in [3.63, 3.8) is 0 Å². The molecule has 1 aromatic heterocycles. The number of benzene rings is 1. The van der Waals surface area contributed by atoms with Crippen LogP contribution in [0.1, 0.15) is 25.3 Å². The highest BCUT2D eigenvalue weighted by molar-refractivity contribution is 7.88. The van der Waals surface area contributed by atoms with Gasteiger partial charge in [0.25, 0.3) is 0 Å². The molecule has 10 nitrogen and oxygen atoms in total. The van der Waals surface area contributed by atoms with E-state index in [0.29, 0.717) is 37.7 Å². The second-order valence-electron chi connectivity index (χ2n) is 7.46. The van der Waals surface area contributed by atoms with E-state index in [-0.39, 0.29) is 23.6 Å². The molecule has 4 N–H and O–H groups in total. The molecule has 3 rings (SSSR count). The number of hydrogen-bond acceptors (Lipinski definition) is 9. The number of ether oxygens (including phenoxy) is 2. The maximum atomic E-state index is 11.8. The maximum Gasteiger partial charge on any atom is 0.226 e. The van der Waals surface area contributed by atoms with Gasteiger partial charge in [0, 0.05) is 43.9 Å². The highest BCUT2D eigenvalue weighted by Gasteiger charge is 2.26. The number of anilines is 3. The summed E-state index contributed by atoms with van der Waals surface area (Å²) in [6.07, 6.45) is 1.23. The van der Waals surface area contributed by atoms with E-state index in [1.54, 1.807) is 7.11 Å². The Morgan fingerprint density at radius 3 is 2.23 bits per heavy atom. The van der Waals surface area contributed by atoms with Gasteiger partial charge < -0.3 is 25.8 Å². The van der Waals surface area contributed by atoms with Crippen molar-refractivity contribution in [2.75, 3.05) is 55.9 Å². The molecule has 1 fully saturated rings. The first-order chi connectivity index (χ1) is 14.1. The van der Waals surface area contributed by atoms with Crippen LogP contribution in [0, 0.1) is 0 Å². The largest absolute Gasteiger partial charge is 0.495 e. The van der Waals surface area contributed by atoms with E-state index in [4.69, 9.17) is 20.9 Å². The van der Waals surface area contributed by atoms with Crippen molar-refractivity contribution in [2.24, 2.45) is 0 Å². The normalized spacial score (nSPS) is 15.4. The zero-order valence-electron chi connectivity index (χ0n) is 17.6. The molecule has 11 heteroatoms. The van der Waals surface area contributed by atoms with Gasteiger partial charge in [0.1, 0.15) is 17.3 Å². The Morgan fingerprint density at radius 1 is 1.03 bits per heavy atom. The van der Waals surface area contributed by atoms with Crippen molar-refractivity contribution in [1.82, 2.24) is 14.3 Å². The third-order valence-corrected chi connectivity index (χ3v) is 6.24. The number of nitrogens with zero attached hydrogens (tertiary/aromatic N) is 4. The number of rotatable bonds is 6. The van der Waals surface area contributed by atoms with E-state index in [1.165, 1.54) is 16.6 Å². The average molecular weight is 437 g/mol. The summed E-state index contributed by atoms with van der Waals surface area (Å²) >= 11 is 0. The summed E-state index contributed by atoms with van der Waals surface area (Å²) in [5.41, 5.74) is 13.2. The quantitative estimate of drug-likeness (QED) is 0.692. The number of nitrogen functional groups attached to an aromatic ring is 2. The van der Waals surface area contributed by atoms with Gasteiger partial charge in [-0.2, -0.15) is 14.3 Å². The molecule has 1 aromatic carbocycles. The fourth-order valence-electron chi connectivity index (χ4n) is 3.40. The maximum absolute atomic E-state index is 11.8. The van der Waals surface area contributed by atoms with E-state index in [2.05, 4.69) is 28.7 Å². The molecule has 1 aliphatic rings. The Hall–Kier alpha value is -2.79. The van der Waals surface area contributed by atoms with Crippen LogP contribution in [0.2, 0.25) is 0 Å². The summed E-state index contributed by atoms with van der Waals surface area (Å²) in [6, 6.07) is 5.33. The standard InChI is InChI=1S/C19H28N6O4S/c1-12(2)13-9-16(28-3)14(24-5-7-25(8-6-24)30(4,26)27)10-15(13)29-18-11-17(20)22-19(21)23-18/h9-12H,5-8H2,1-4H3,(H4,20,21,22,23). The van der Waals surface area contributed by atoms with Gasteiger partial charge in [-0.15, -0.1) is 0 Å². The molecule has 0 radical (unpaired) electrons. The third-order valence-electron chi connectivity index (χ3n) is 4.94. The second kappa shape index (κ2) is 8.52. The third kappa shape index (κ3) is 4.85. The van der Waals surface area contributed by atoms with Crippen LogP contribution in [0.4, 0.5) is 17.5 Å². The minimum Gasteiger partial charge on any atom is -0.495 e. The van der Waals surface area contributed by atoms with Crippen molar-refractivity contribution in [3.8, 4) is 17.4 Å². The van der Waals surface area contributed by atoms with Gasteiger partial charge in [0.2, 0.25) is 21.9 Å². The Morgan fingerprint density at radius 2 is 1.70 bits per heavy atom. The molecular formula is C19H28N6O4S. The summed E-state index contributed by atoms with van der Waals surface area (Å²) < 4.78 is 36.8. The molecule has 2 heterocycles. The summed E-state index contributed by atoms with van der Waals surface area (Å²) in [5, 5.41) is 0. The van der Waals surface area contributed by atoms with Crippen LogP contribution in [0.3, 0.4) is 0 Å². The smallest absolute Gasteiger partial charge is 0.226 e. The fourth-order valence-corrected chi connectivity index (χ4v) is 4.23. The summed E-state index contributed by atoms with van der Waals surface area (Å²) in [4.78, 5) is 10.0. The van der Waals surface area contributed by atoms with Gasteiger partial charge >= 0.3 is 0 Å². The van der Waals surface area contributed by atoms with Gasteiger partial charge in [-0.05, 0) is 12.0 Å². The van der Waals surface area contributed by atoms with Crippen molar-refractivity contribution >= 4 is 27.5 Å². The van der Waals surface area contributed by atoms with Crippen LogP contribution in [0.5, 0.6) is 17.4 Å². The zero-order chi connectivity index (χ0) is 22.1. The highest BCUT2D eigenvalue weighted by Crippen LogP contribution is 2.40. The lowest BCUT2D eigenvalue weighted by molar-refractivity contribution is 0.379. The number of aromatic nitrogens is 2. The topological polar surface area (TPSA) is 137 Å². The van der Waals surface area contributed by atoms with Gasteiger partial charge in [-0.1, -0.05) is 13.8 Å². The number of piperazine rings is 1. The van der Waals surface area contributed by atoms with Crippen LogP contribution < -0.4 is 25.8 Å². The second-order valence-corrected chi connectivity index (χ2v) is 9.44. The van der Waals surface area contributed by atoms with Gasteiger partial charge in [-0.3, -0.25) is 0 Å². The number of nitrogens with two attached hydrogens (primary N) is 2. The predicted octanol–water partition coefficient (Wildman–Crippen LogP) is 1.65. The lowest BCUT2D eigenvalue weighted by Crippen LogP contribution is -2.48. The minimum absolute atomic E-state index is 0.0294.